The summed E-state index contributed by atoms with van der Waals surface area (Å²) in [5, 5.41) is 6.01. The van der Waals surface area contributed by atoms with Crippen LogP contribution in [0.2, 0.25) is 0 Å². The van der Waals surface area contributed by atoms with Gasteiger partial charge in [-0.3, -0.25) is 14.5 Å². The fourth-order valence-electron chi connectivity index (χ4n) is 3.97. The number of aromatic nitrogens is 1. The monoisotopic (exact) mass is 386 g/mol. The number of nitrogens with zero attached hydrogens (tertiary/aromatic N) is 2. The maximum absolute atomic E-state index is 12.9. The Labute approximate surface area is 161 Å². The number of nitrogens with one attached hydrogen (secondary N) is 2. The molecule has 0 bridgehead atoms. The molecule has 1 saturated carbocycles. The van der Waals surface area contributed by atoms with Gasteiger partial charge in [0.25, 0.3) is 5.91 Å². The minimum Gasteiger partial charge on any atom is -0.323 e. The molecule has 1 aromatic heterocycles. The fraction of sp³-hybridized carbons (Fsp3) is 0.474. The normalized spacial score (nSPS) is 25.2. The number of anilines is 1. The van der Waals surface area contributed by atoms with Gasteiger partial charge >= 0.3 is 6.03 Å². The molecule has 2 fully saturated rings. The number of imide groups is 1. The van der Waals surface area contributed by atoms with Crippen molar-refractivity contribution in [1.29, 1.82) is 0 Å². The number of hydrogen-bond acceptors (Lipinski definition) is 5. The summed E-state index contributed by atoms with van der Waals surface area (Å²) in [7, 11) is 0. The van der Waals surface area contributed by atoms with Crippen LogP contribution in [0.3, 0.4) is 0 Å². The lowest BCUT2D eigenvalue weighted by molar-refractivity contribution is -0.135. The van der Waals surface area contributed by atoms with Gasteiger partial charge in [0.05, 0.1) is 10.2 Å². The van der Waals surface area contributed by atoms with Gasteiger partial charge in [-0.1, -0.05) is 36.8 Å². The van der Waals surface area contributed by atoms with Crippen molar-refractivity contribution in [3.8, 4) is 0 Å². The van der Waals surface area contributed by atoms with Crippen LogP contribution in [-0.2, 0) is 9.59 Å². The third-order valence-electron chi connectivity index (χ3n) is 5.62. The van der Waals surface area contributed by atoms with Crippen molar-refractivity contribution in [2.75, 3.05) is 11.9 Å². The first-order valence-corrected chi connectivity index (χ1v) is 10.1. The van der Waals surface area contributed by atoms with Crippen molar-refractivity contribution in [3.05, 3.63) is 24.3 Å². The Kier molecular flexibility index (Phi) is 4.59. The Balaban J connectivity index is 1.42. The molecule has 1 aliphatic carbocycles. The minimum atomic E-state index is -0.821. The topological polar surface area (TPSA) is 91.4 Å². The average molecular weight is 386 g/mol. The molecule has 4 rings (SSSR count). The lowest BCUT2D eigenvalue weighted by atomic mass is 9.75. The van der Waals surface area contributed by atoms with E-state index in [0.29, 0.717) is 23.9 Å². The molecular formula is C19H22N4O3S. The van der Waals surface area contributed by atoms with Gasteiger partial charge in [0.1, 0.15) is 12.1 Å². The molecule has 1 aliphatic heterocycles. The van der Waals surface area contributed by atoms with Crippen molar-refractivity contribution in [1.82, 2.24) is 15.2 Å². The second-order valence-electron chi connectivity index (χ2n) is 7.29. The molecule has 1 aromatic carbocycles. The number of benzene rings is 1. The van der Waals surface area contributed by atoms with E-state index in [-0.39, 0.29) is 12.5 Å². The molecule has 1 spiro atoms. The third kappa shape index (κ3) is 3.29. The van der Waals surface area contributed by atoms with Crippen molar-refractivity contribution >= 4 is 44.5 Å². The molecule has 7 nitrogen and oxygen atoms in total. The van der Waals surface area contributed by atoms with Crippen molar-refractivity contribution in [3.63, 3.8) is 0 Å². The molecule has 1 saturated heterocycles. The lowest BCUT2D eigenvalue weighted by Crippen LogP contribution is -2.49. The molecule has 0 unspecified atom stereocenters. The molecule has 27 heavy (non-hydrogen) atoms. The van der Waals surface area contributed by atoms with Gasteiger partial charge in [-0.25, -0.2) is 9.78 Å². The Morgan fingerprint density at radius 1 is 1.33 bits per heavy atom. The number of rotatable bonds is 4. The highest BCUT2D eigenvalue weighted by atomic mass is 32.1. The van der Waals surface area contributed by atoms with E-state index in [4.69, 9.17) is 0 Å². The summed E-state index contributed by atoms with van der Waals surface area (Å²) in [6.45, 7) is 1.86. The molecule has 0 radical (unpaired) electrons. The maximum atomic E-state index is 12.9. The molecule has 2 aromatic rings. The van der Waals surface area contributed by atoms with E-state index >= 15 is 0 Å². The number of fused-ring (bicyclic) bond motifs is 1. The predicted molar refractivity (Wildman–Crippen MR) is 103 cm³/mol. The van der Waals surface area contributed by atoms with Gasteiger partial charge in [0.2, 0.25) is 5.91 Å². The number of thiazole rings is 1. The molecule has 0 atom stereocenters. The summed E-state index contributed by atoms with van der Waals surface area (Å²) >= 11 is 1.36. The van der Waals surface area contributed by atoms with E-state index in [2.05, 4.69) is 22.5 Å². The SMILES string of the molecule is CCC1CCC2(CC1)NC(=O)N(CC(=O)Nc1nc3ccccc3s1)C2=O. The zero-order chi connectivity index (χ0) is 19.0. The van der Waals surface area contributed by atoms with Crippen LogP contribution in [0.25, 0.3) is 10.2 Å². The highest BCUT2D eigenvalue weighted by Gasteiger charge is 2.52. The van der Waals surface area contributed by atoms with E-state index in [1.165, 1.54) is 11.3 Å². The maximum Gasteiger partial charge on any atom is 0.325 e. The van der Waals surface area contributed by atoms with Gasteiger partial charge in [0.15, 0.2) is 5.13 Å². The molecule has 142 valence electrons. The van der Waals surface area contributed by atoms with Crippen LogP contribution in [-0.4, -0.2) is 39.8 Å². The van der Waals surface area contributed by atoms with Crippen molar-refractivity contribution in [2.24, 2.45) is 5.92 Å². The number of carbonyl (C=O) groups is 3. The van der Waals surface area contributed by atoms with Crippen LogP contribution in [0, 0.1) is 5.92 Å². The third-order valence-corrected chi connectivity index (χ3v) is 6.58. The number of hydrogen-bond donors (Lipinski definition) is 2. The van der Waals surface area contributed by atoms with E-state index in [0.717, 1.165) is 34.4 Å². The Bertz CT molecular complexity index is 868. The highest BCUT2D eigenvalue weighted by Crippen LogP contribution is 2.37. The molecule has 2 N–H and O–H groups in total. The summed E-state index contributed by atoms with van der Waals surface area (Å²) in [6.07, 6.45) is 4.23. The first kappa shape index (κ1) is 17.9. The van der Waals surface area contributed by atoms with Crippen LogP contribution in [0.4, 0.5) is 9.93 Å². The van der Waals surface area contributed by atoms with Crippen LogP contribution in [0.5, 0.6) is 0 Å². The fourth-order valence-corrected chi connectivity index (χ4v) is 4.85. The highest BCUT2D eigenvalue weighted by molar-refractivity contribution is 7.22. The Morgan fingerprint density at radius 3 is 2.78 bits per heavy atom. The number of carbonyl (C=O) groups excluding carboxylic acids is 3. The number of amides is 4. The summed E-state index contributed by atoms with van der Waals surface area (Å²) in [4.78, 5) is 43.0. The average Bonchev–Trinajstić information content (AvgIpc) is 3.16. The predicted octanol–water partition coefficient (Wildman–Crippen LogP) is 3.13. The van der Waals surface area contributed by atoms with Gasteiger partial charge in [-0.2, -0.15) is 0 Å². The Hall–Kier alpha value is -2.48. The second-order valence-corrected chi connectivity index (χ2v) is 8.32. The standard InChI is InChI=1S/C19H22N4O3S/c1-2-12-7-9-19(10-8-12)16(25)23(18(26)22-19)11-15(24)21-17-20-13-5-3-4-6-14(13)27-17/h3-6,12H,2,7-11H2,1H3,(H,22,26)(H,20,21,24). The van der Waals surface area contributed by atoms with Crippen molar-refractivity contribution in [2.45, 2.75) is 44.6 Å². The van der Waals surface area contributed by atoms with Crippen LogP contribution < -0.4 is 10.6 Å². The summed E-state index contributed by atoms with van der Waals surface area (Å²) in [5.74, 6) is -0.0879. The van der Waals surface area contributed by atoms with Crippen LogP contribution >= 0.6 is 11.3 Å². The first-order valence-electron chi connectivity index (χ1n) is 9.30. The van der Waals surface area contributed by atoms with E-state index in [1.807, 2.05) is 24.3 Å². The van der Waals surface area contributed by atoms with Gasteiger partial charge < -0.3 is 10.6 Å². The zero-order valence-electron chi connectivity index (χ0n) is 15.2. The smallest absolute Gasteiger partial charge is 0.323 e. The van der Waals surface area contributed by atoms with Gasteiger partial charge in [0, 0.05) is 0 Å². The van der Waals surface area contributed by atoms with Gasteiger partial charge in [-0.15, -0.1) is 0 Å². The summed E-state index contributed by atoms with van der Waals surface area (Å²) in [5.41, 5.74) is -0.0155. The van der Waals surface area contributed by atoms with E-state index in [9.17, 15) is 14.4 Å². The van der Waals surface area contributed by atoms with Crippen LogP contribution in [0.15, 0.2) is 24.3 Å². The molecule has 2 heterocycles. The molecule has 8 heteroatoms. The molecular weight excluding hydrogens is 364 g/mol. The minimum absolute atomic E-state index is 0.276. The van der Waals surface area contributed by atoms with Crippen molar-refractivity contribution < 1.29 is 14.4 Å². The largest absolute Gasteiger partial charge is 0.325 e. The van der Waals surface area contributed by atoms with Crippen LogP contribution in [0.1, 0.15) is 39.0 Å². The lowest BCUT2D eigenvalue weighted by Gasteiger charge is -2.34. The summed E-state index contributed by atoms with van der Waals surface area (Å²) in [6, 6.07) is 7.11. The zero-order valence-corrected chi connectivity index (χ0v) is 16.0. The molecule has 2 aliphatic rings. The molecule has 4 amide bonds. The van der Waals surface area contributed by atoms with E-state index in [1.54, 1.807) is 0 Å². The summed E-state index contributed by atoms with van der Waals surface area (Å²) < 4.78 is 0.967. The first-order chi connectivity index (χ1) is 13.0. The van der Waals surface area contributed by atoms with Gasteiger partial charge in [-0.05, 0) is 43.7 Å². The number of para-hydroxylation sites is 1. The quantitative estimate of drug-likeness (QED) is 0.790. The second kappa shape index (κ2) is 6.92. The Morgan fingerprint density at radius 2 is 2.07 bits per heavy atom. The number of urea groups is 1. The van der Waals surface area contributed by atoms with E-state index < -0.39 is 17.5 Å².